The Morgan fingerprint density at radius 2 is 0.805 bits per heavy atom. The van der Waals surface area contributed by atoms with Gasteiger partial charge in [-0.1, -0.05) is 127 Å². The Morgan fingerprint density at radius 1 is 0.506 bits per heavy atom. The first-order valence-electron chi connectivity index (χ1n) is 26.9. The van der Waals surface area contributed by atoms with Crippen LogP contribution < -0.4 is 0 Å². The molecule has 4 atom stereocenters. The molecule has 0 bridgehead atoms. The molecule has 2 heterocycles. The van der Waals surface area contributed by atoms with Gasteiger partial charge in [0, 0.05) is 12.8 Å². The van der Waals surface area contributed by atoms with Gasteiger partial charge in [-0.05, 0) is 77.0 Å². The molecule has 0 radical (unpaired) electrons. The van der Waals surface area contributed by atoms with E-state index in [2.05, 4.69) is 62.5 Å². The normalized spacial score (nSPS) is 20.8. The summed E-state index contributed by atoms with van der Waals surface area (Å²) in [4.78, 5) is 72.1. The van der Waals surface area contributed by atoms with Gasteiger partial charge in [-0.2, -0.15) is 0 Å². The van der Waals surface area contributed by atoms with Crippen molar-refractivity contribution in [3.8, 4) is 0 Å². The number of rotatable bonds is 36. The molecule has 0 aliphatic carbocycles. The van der Waals surface area contributed by atoms with Crippen LogP contribution >= 0.6 is 0 Å². The van der Waals surface area contributed by atoms with Gasteiger partial charge in [-0.15, -0.1) is 0 Å². The molecule has 436 valence electrons. The summed E-state index contributed by atoms with van der Waals surface area (Å²) in [6.45, 7) is 0.143. The van der Waals surface area contributed by atoms with Crippen molar-refractivity contribution in [2.45, 2.75) is 191 Å². The molecular formula is C54H86CaO20S2. The van der Waals surface area contributed by atoms with Crippen LogP contribution in [-0.4, -0.2) is 173 Å². The van der Waals surface area contributed by atoms with Gasteiger partial charge in [-0.25, -0.2) is 16.8 Å². The van der Waals surface area contributed by atoms with E-state index in [4.69, 9.17) is 28.4 Å². The summed E-state index contributed by atoms with van der Waals surface area (Å²) >= 11 is 0. The zero-order chi connectivity index (χ0) is 56.6. The Labute approximate surface area is 487 Å². The van der Waals surface area contributed by atoms with E-state index in [0.29, 0.717) is 12.8 Å². The van der Waals surface area contributed by atoms with Crippen molar-refractivity contribution in [1.29, 1.82) is 0 Å². The first-order chi connectivity index (χ1) is 36.3. The molecule has 2 rings (SSSR count). The Hall–Kier alpha value is -3.22. The molecule has 0 aromatic rings. The SMILES string of the molecule is CCCCC/C=C\C/C=C\CCCCCCCC(=O)OCC1(CO)COC(=O)CC(S(=O)(=O)[O-])C(=O)OC1.CCCCC/C=C\C/C=C\CCCCCCCC(=O)OCC1(CO)COC(=O)CC(S(=O)(=O)[O-])C(=O)OC1.[Ca+2]. The van der Waals surface area contributed by atoms with Crippen molar-refractivity contribution in [3.63, 3.8) is 0 Å². The van der Waals surface area contributed by atoms with E-state index in [9.17, 15) is 64.9 Å². The van der Waals surface area contributed by atoms with Crippen molar-refractivity contribution in [2.75, 3.05) is 52.9 Å². The average Bonchev–Trinajstić information content (AvgIpc) is 3.49. The topological polar surface area (TPSA) is 313 Å². The maximum atomic E-state index is 12.2. The smallest absolute Gasteiger partial charge is 0.747 e. The number of unbranched alkanes of at least 4 members (excludes halogenated alkanes) is 16. The Balaban J connectivity index is 0.00000148. The number of hydrogen-bond donors (Lipinski definition) is 2. The van der Waals surface area contributed by atoms with Gasteiger partial charge in [-0.3, -0.25) is 28.8 Å². The molecule has 20 nitrogen and oxygen atoms in total. The van der Waals surface area contributed by atoms with E-state index >= 15 is 0 Å². The van der Waals surface area contributed by atoms with E-state index in [-0.39, 0.29) is 50.6 Å². The molecule has 77 heavy (non-hydrogen) atoms. The van der Waals surface area contributed by atoms with Gasteiger partial charge >= 0.3 is 73.6 Å². The van der Waals surface area contributed by atoms with Crippen molar-refractivity contribution in [2.24, 2.45) is 10.8 Å². The van der Waals surface area contributed by atoms with Crippen LogP contribution in [0.5, 0.6) is 0 Å². The van der Waals surface area contributed by atoms with Crippen LogP contribution in [0.15, 0.2) is 48.6 Å². The molecule has 2 saturated heterocycles. The third-order valence-electron chi connectivity index (χ3n) is 12.5. The van der Waals surface area contributed by atoms with E-state index in [1.807, 2.05) is 0 Å². The number of aliphatic hydroxyl groups excluding tert-OH is 2. The molecule has 0 aromatic heterocycles. The maximum absolute atomic E-state index is 12.2. The molecule has 2 N–H and O–H groups in total. The summed E-state index contributed by atoms with van der Waals surface area (Å²) in [6.07, 6.45) is 39.3. The summed E-state index contributed by atoms with van der Waals surface area (Å²) in [5, 5.41) is 15.2. The van der Waals surface area contributed by atoms with Crippen LogP contribution in [0.3, 0.4) is 0 Å². The first kappa shape index (κ1) is 73.8. The fourth-order valence-electron chi connectivity index (χ4n) is 7.43. The number of hydrogen-bond acceptors (Lipinski definition) is 20. The maximum Gasteiger partial charge on any atom is 2.00 e. The predicted octanol–water partition coefficient (Wildman–Crippen LogP) is 7.07. The minimum atomic E-state index is -5.14. The number of cyclic esters (lactones) is 4. The van der Waals surface area contributed by atoms with Gasteiger partial charge in [0.15, 0.2) is 10.5 Å². The summed E-state index contributed by atoms with van der Waals surface area (Å²) < 4.78 is 97.6. The van der Waals surface area contributed by atoms with Crippen LogP contribution in [0.1, 0.15) is 181 Å². The molecule has 2 fully saturated rings. The number of esters is 6. The minimum Gasteiger partial charge on any atom is -0.747 e. The molecule has 4 unspecified atom stereocenters. The van der Waals surface area contributed by atoms with E-state index in [0.717, 1.165) is 89.9 Å². The molecule has 2 aliphatic heterocycles. The largest absolute Gasteiger partial charge is 2.00 e. The molecule has 0 aromatic carbocycles. The summed E-state index contributed by atoms with van der Waals surface area (Å²) in [6, 6.07) is 0. The number of allylic oxidation sites excluding steroid dienone is 8. The van der Waals surface area contributed by atoms with Crippen LogP contribution in [0, 0.1) is 10.8 Å². The van der Waals surface area contributed by atoms with Crippen LogP contribution in [0.25, 0.3) is 0 Å². The zero-order valence-corrected chi connectivity index (χ0v) is 49.4. The fraction of sp³-hybridized carbons (Fsp3) is 0.741. The van der Waals surface area contributed by atoms with Crippen LogP contribution in [0.4, 0.5) is 0 Å². The Morgan fingerprint density at radius 3 is 1.12 bits per heavy atom. The van der Waals surface area contributed by atoms with Crippen LogP contribution in [0.2, 0.25) is 0 Å². The Bertz CT molecular complexity index is 1910. The fourth-order valence-corrected chi connectivity index (χ4v) is 8.71. The minimum absolute atomic E-state index is 0. The average molecular weight is 1160 g/mol. The summed E-state index contributed by atoms with van der Waals surface area (Å²) in [5.41, 5.74) is -2.91. The second kappa shape index (κ2) is 43.6. The standard InChI is InChI=1S/2C27H44O10S.Ca/c2*1-2-3-4-5-6-7-8-9-10-11-12-13-14-15-16-17-24(29)35-20-27(19-28)21-36-25(30)18-23(38(32,33)34)26(31)37-22-27;/h2*6-7,9-10,23,28H,2-5,8,11-22H2,1H3,(H,32,33,34);/q;;+2/p-2/b2*7-6-,10-9-;. The molecule has 23 heteroatoms. The molecule has 0 spiro atoms. The third-order valence-corrected chi connectivity index (χ3v) is 14.6. The Kier molecular flexibility index (Phi) is 41.7. The zero-order valence-electron chi connectivity index (χ0n) is 45.6. The van der Waals surface area contributed by atoms with E-state index < -0.39 is 143 Å². The van der Waals surface area contributed by atoms with Crippen LogP contribution in [-0.2, 0) is 77.4 Å². The first-order valence-corrected chi connectivity index (χ1v) is 29.9. The predicted molar refractivity (Wildman–Crippen MR) is 285 cm³/mol. The summed E-state index contributed by atoms with van der Waals surface area (Å²) in [5.74, 6) is -6.06. The van der Waals surface area contributed by atoms with E-state index in [1.165, 1.54) is 38.5 Å². The quantitative estimate of drug-likeness (QED) is 0.0158. The van der Waals surface area contributed by atoms with Gasteiger partial charge < -0.3 is 47.7 Å². The van der Waals surface area contributed by atoms with Gasteiger partial charge in [0.25, 0.3) is 0 Å². The monoisotopic (exact) mass is 1160 g/mol. The molecule has 0 saturated carbocycles. The van der Waals surface area contributed by atoms with Crippen molar-refractivity contribution < 1.29 is 93.3 Å². The van der Waals surface area contributed by atoms with Gasteiger partial charge in [0.1, 0.15) is 59.9 Å². The third kappa shape index (κ3) is 35.9. The summed E-state index contributed by atoms with van der Waals surface area (Å²) in [7, 11) is -10.3. The van der Waals surface area contributed by atoms with Gasteiger partial charge in [0.05, 0.1) is 36.9 Å². The molecular weight excluding hydrogens is 1070 g/mol. The number of aliphatic hydroxyl groups is 2. The second-order valence-electron chi connectivity index (χ2n) is 19.5. The number of carbonyl (C=O) groups is 6. The second-order valence-corrected chi connectivity index (χ2v) is 22.6. The number of ether oxygens (including phenoxy) is 6. The van der Waals surface area contributed by atoms with E-state index in [1.54, 1.807) is 0 Å². The molecule has 2 aliphatic rings. The van der Waals surface area contributed by atoms with Crippen molar-refractivity contribution in [1.82, 2.24) is 0 Å². The van der Waals surface area contributed by atoms with Gasteiger partial charge in [0.2, 0.25) is 0 Å². The van der Waals surface area contributed by atoms with Crippen molar-refractivity contribution in [3.05, 3.63) is 48.6 Å². The molecule has 0 amide bonds. The number of carbonyl (C=O) groups excluding carboxylic acids is 6. The van der Waals surface area contributed by atoms with Crippen molar-refractivity contribution >= 4 is 93.8 Å².